The van der Waals surface area contributed by atoms with Crippen LogP contribution in [0.15, 0.2) is 36.4 Å². The summed E-state index contributed by atoms with van der Waals surface area (Å²) in [7, 11) is 0. The molecular formula is C20H29N. The zero-order valence-electron chi connectivity index (χ0n) is 13.5. The molecule has 1 heterocycles. The Hall–Kier alpha value is -1.37. The third-order valence-corrected chi connectivity index (χ3v) is 4.19. The molecule has 0 bridgehead atoms. The second-order valence-electron chi connectivity index (χ2n) is 6.07. The molecular weight excluding hydrogens is 254 g/mol. The highest BCUT2D eigenvalue weighted by atomic mass is 14.7. The van der Waals surface area contributed by atoms with Gasteiger partial charge in [0.25, 0.3) is 0 Å². The van der Waals surface area contributed by atoms with Gasteiger partial charge in [-0.2, -0.15) is 0 Å². The van der Waals surface area contributed by atoms with Gasteiger partial charge >= 0.3 is 0 Å². The summed E-state index contributed by atoms with van der Waals surface area (Å²) < 4.78 is 0. The molecule has 0 spiro atoms. The van der Waals surface area contributed by atoms with Crippen LogP contribution in [0.25, 0.3) is 10.9 Å². The Labute approximate surface area is 129 Å². The number of fused-ring (bicyclic) bond motifs is 1. The molecule has 0 fully saturated rings. The highest BCUT2D eigenvalue weighted by Crippen LogP contribution is 2.14. The van der Waals surface area contributed by atoms with Crippen LogP contribution in [0.3, 0.4) is 0 Å². The molecule has 1 aromatic heterocycles. The second kappa shape index (κ2) is 9.55. The third kappa shape index (κ3) is 5.87. The molecule has 0 unspecified atom stereocenters. The molecule has 0 radical (unpaired) electrons. The summed E-state index contributed by atoms with van der Waals surface area (Å²) >= 11 is 0. The predicted octanol–water partition coefficient (Wildman–Crippen LogP) is 6.31. The summed E-state index contributed by atoms with van der Waals surface area (Å²) in [5.74, 6) is 0. The summed E-state index contributed by atoms with van der Waals surface area (Å²) in [6, 6.07) is 12.8. The van der Waals surface area contributed by atoms with Crippen LogP contribution < -0.4 is 0 Å². The Morgan fingerprint density at radius 3 is 2.14 bits per heavy atom. The van der Waals surface area contributed by atoms with Crippen molar-refractivity contribution in [3.05, 3.63) is 42.1 Å². The first-order valence-corrected chi connectivity index (χ1v) is 8.75. The van der Waals surface area contributed by atoms with Crippen molar-refractivity contribution in [1.82, 2.24) is 4.98 Å². The number of pyridine rings is 1. The Morgan fingerprint density at radius 2 is 1.38 bits per heavy atom. The molecule has 0 saturated carbocycles. The normalized spacial score (nSPS) is 11.1. The maximum Gasteiger partial charge on any atom is 0.0705 e. The number of nitrogens with zero attached hydrogens (tertiary/aromatic N) is 1. The molecule has 0 saturated heterocycles. The first-order valence-electron chi connectivity index (χ1n) is 8.75. The van der Waals surface area contributed by atoms with Gasteiger partial charge in [0.15, 0.2) is 0 Å². The molecule has 0 aliphatic carbocycles. The maximum atomic E-state index is 4.74. The average molecular weight is 283 g/mol. The SMILES string of the molecule is CCCCCCCCCCCc1ccc2ccccc2n1. The Bertz CT molecular complexity index is 518. The van der Waals surface area contributed by atoms with Crippen molar-refractivity contribution >= 4 is 10.9 Å². The number of hydrogen-bond donors (Lipinski definition) is 0. The predicted molar refractivity (Wildman–Crippen MR) is 92.7 cm³/mol. The zero-order chi connectivity index (χ0) is 14.8. The lowest BCUT2D eigenvalue weighted by Gasteiger charge is -2.04. The van der Waals surface area contributed by atoms with Gasteiger partial charge in [-0.15, -0.1) is 0 Å². The standard InChI is InChI=1S/C20H29N/c1-2-3-4-5-6-7-8-9-10-14-19-17-16-18-13-11-12-15-20(18)21-19/h11-13,15-17H,2-10,14H2,1H3. The molecule has 2 rings (SSSR count). The highest BCUT2D eigenvalue weighted by molar-refractivity contribution is 5.78. The number of benzene rings is 1. The molecule has 0 atom stereocenters. The average Bonchev–Trinajstić information content (AvgIpc) is 2.53. The van der Waals surface area contributed by atoms with E-state index in [2.05, 4.69) is 43.3 Å². The quantitative estimate of drug-likeness (QED) is 0.466. The number of aromatic nitrogens is 1. The zero-order valence-corrected chi connectivity index (χ0v) is 13.5. The first kappa shape index (κ1) is 16.0. The summed E-state index contributed by atoms with van der Waals surface area (Å²) in [4.78, 5) is 4.74. The van der Waals surface area contributed by atoms with Gasteiger partial charge in [0.2, 0.25) is 0 Å². The Balaban J connectivity index is 1.59. The smallest absolute Gasteiger partial charge is 0.0705 e. The molecule has 0 aliphatic rings. The molecule has 1 nitrogen and oxygen atoms in total. The van der Waals surface area contributed by atoms with E-state index >= 15 is 0 Å². The minimum absolute atomic E-state index is 1.13. The van der Waals surface area contributed by atoms with E-state index in [1.54, 1.807) is 0 Å². The Morgan fingerprint density at radius 1 is 0.714 bits per heavy atom. The van der Waals surface area contributed by atoms with E-state index in [9.17, 15) is 0 Å². The van der Waals surface area contributed by atoms with Crippen LogP contribution in [0.2, 0.25) is 0 Å². The molecule has 0 amide bonds. The van der Waals surface area contributed by atoms with Gasteiger partial charge in [-0.25, -0.2) is 0 Å². The Kier molecular flexibility index (Phi) is 7.28. The number of para-hydroxylation sites is 1. The monoisotopic (exact) mass is 283 g/mol. The van der Waals surface area contributed by atoms with Crippen molar-refractivity contribution < 1.29 is 0 Å². The van der Waals surface area contributed by atoms with E-state index in [4.69, 9.17) is 4.98 Å². The minimum Gasteiger partial charge on any atom is -0.253 e. The number of aryl methyl sites for hydroxylation is 1. The van der Waals surface area contributed by atoms with Crippen LogP contribution in [0.1, 0.15) is 70.4 Å². The molecule has 1 aromatic carbocycles. The van der Waals surface area contributed by atoms with E-state index in [0.29, 0.717) is 0 Å². The third-order valence-electron chi connectivity index (χ3n) is 4.19. The number of hydrogen-bond acceptors (Lipinski definition) is 1. The maximum absolute atomic E-state index is 4.74. The van der Waals surface area contributed by atoms with Crippen molar-refractivity contribution in [1.29, 1.82) is 0 Å². The fourth-order valence-electron chi connectivity index (χ4n) is 2.86. The molecule has 0 aliphatic heterocycles. The van der Waals surface area contributed by atoms with Crippen LogP contribution in [-0.4, -0.2) is 4.98 Å². The van der Waals surface area contributed by atoms with Gasteiger partial charge < -0.3 is 0 Å². The van der Waals surface area contributed by atoms with Crippen LogP contribution in [0.5, 0.6) is 0 Å². The highest BCUT2D eigenvalue weighted by Gasteiger charge is 1.98. The second-order valence-corrected chi connectivity index (χ2v) is 6.07. The lowest BCUT2D eigenvalue weighted by atomic mass is 10.1. The van der Waals surface area contributed by atoms with Gasteiger partial charge in [0.1, 0.15) is 0 Å². The van der Waals surface area contributed by atoms with Crippen LogP contribution >= 0.6 is 0 Å². The van der Waals surface area contributed by atoms with Gasteiger partial charge in [0, 0.05) is 11.1 Å². The van der Waals surface area contributed by atoms with Gasteiger partial charge in [-0.05, 0) is 25.0 Å². The van der Waals surface area contributed by atoms with Gasteiger partial charge in [-0.3, -0.25) is 4.98 Å². The molecule has 21 heavy (non-hydrogen) atoms. The van der Waals surface area contributed by atoms with Crippen LogP contribution in [-0.2, 0) is 6.42 Å². The fourth-order valence-corrected chi connectivity index (χ4v) is 2.86. The van der Waals surface area contributed by atoms with E-state index in [1.807, 2.05) is 0 Å². The van der Waals surface area contributed by atoms with Gasteiger partial charge in [-0.1, -0.05) is 82.6 Å². The lowest BCUT2D eigenvalue weighted by Crippen LogP contribution is -1.91. The van der Waals surface area contributed by atoms with Crippen molar-refractivity contribution in [2.24, 2.45) is 0 Å². The van der Waals surface area contributed by atoms with Crippen LogP contribution in [0, 0.1) is 0 Å². The van der Waals surface area contributed by atoms with Crippen LogP contribution in [0.4, 0.5) is 0 Å². The molecule has 2 aromatic rings. The van der Waals surface area contributed by atoms with E-state index in [-0.39, 0.29) is 0 Å². The topological polar surface area (TPSA) is 12.9 Å². The summed E-state index contributed by atoms with van der Waals surface area (Å²) in [6.07, 6.45) is 13.6. The summed E-state index contributed by atoms with van der Waals surface area (Å²) in [6.45, 7) is 2.28. The minimum atomic E-state index is 1.13. The van der Waals surface area contributed by atoms with Crippen molar-refractivity contribution in [2.45, 2.75) is 71.1 Å². The van der Waals surface area contributed by atoms with E-state index in [1.165, 1.54) is 68.9 Å². The summed E-state index contributed by atoms with van der Waals surface area (Å²) in [5.41, 5.74) is 2.38. The summed E-state index contributed by atoms with van der Waals surface area (Å²) in [5, 5.41) is 1.24. The molecule has 1 heteroatoms. The van der Waals surface area contributed by atoms with E-state index in [0.717, 1.165) is 11.9 Å². The van der Waals surface area contributed by atoms with Crippen molar-refractivity contribution in [2.75, 3.05) is 0 Å². The largest absolute Gasteiger partial charge is 0.253 e. The lowest BCUT2D eigenvalue weighted by molar-refractivity contribution is 0.564. The number of unbranched alkanes of at least 4 members (excludes halogenated alkanes) is 8. The van der Waals surface area contributed by atoms with E-state index < -0.39 is 0 Å². The van der Waals surface area contributed by atoms with Crippen molar-refractivity contribution in [3.8, 4) is 0 Å². The fraction of sp³-hybridized carbons (Fsp3) is 0.550. The van der Waals surface area contributed by atoms with Gasteiger partial charge in [0.05, 0.1) is 5.52 Å². The first-order chi connectivity index (χ1) is 10.4. The van der Waals surface area contributed by atoms with Crippen molar-refractivity contribution in [3.63, 3.8) is 0 Å². The number of rotatable bonds is 10. The molecule has 114 valence electrons. The molecule has 0 N–H and O–H groups in total.